The van der Waals surface area contributed by atoms with Gasteiger partial charge in [0.05, 0.1) is 0 Å². The lowest BCUT2D eigenvalue weighted by Crippen LogP contribution is -2.45. The van der Waals surface area contributed by atoms with Crippen molar-refractivity contribution in [2.75, 3.05) is 14.1 Å². The summed E-state index contributed by atoms with van der Waals surface area (Å²) < 4.78 is 5.19. The van der Waals surface area contributed by atoms with Gasteiger partial charge in [0.15, 0.2) is 0 Å². The molecule has 19 heavy (non-hydrogen) atoms. The Kier molecular flexibility index (Phi) is 5.85. The first-order chi connectivity index (χ1) is 9.04. The zero-order valence-electron chi connectivity index (χ0n) is 11.6. The lowest BCUT2D eigenvalue weighted by molar-refractivity contribution is -0.147. The van der Waals surface area contributed by atoms with Crippen LogP contribution in [0.1, 0.15) is 18.9 Å². The SMILES string of the molecule is CCC(NC(=O)N(C)C)C(=O)OCc1ccccc1. The van der Waals surface area contributed by atoms with Gasteiger partial charge in [0.25, 0.3) is 0 Å². The van der Waals surface area contributed by atoms with E-state index >= 15 is 0 Å². The number of ether oxygens (including phenoxy) is 1. The van der Waals surface area contributed by atoms with Crippen molar-refractivity contribution < 1.29 is 14.3 Å². The molecule has 5 heteroatoms. The number of esters is 1. The number of carbonyl (C=O) groups is 2. The Bertz CT molecular complexity index is 418. The number of hydrogen-bond donors (Lipinski definition) is 1. The van der Waals surface area contributed by atoms with Gasteiger partial charge >= 0.3 is 12.0 Å². The fraction of sp³-hybridized carbons (Fsp3) is 0.429. The molecule has 1 aromatic rings. The van der Waals surface area contributed by atoms with E-state index in [9.17, 15) is 9.59 Å². The van der Waals surface area contributed by atoms with E-state index in [0.717, 1.165) is 5.56 Å². The van der Waals surface area contributed by atoms with Crippen molar-refractivity contribution in [1.29, 1.82) is 0 Å². The molecule has 0 aliphatic carbocycles. The molecule has 0 saturated heterocycles. The van der Waals surface area contributed by atoms with Crippen LogP contribution in [0, 0.1) is 0 Å². The lowest BCUT2D eigenvalue weighted by Gasteiger charge is -2.19. The number of benzene rings is 1. The predicted octanol–water partition coefficient (Wildman–Crippen LogP) is 1.78. The van der Waals surface area contributed by atoms with Crippen molar-refractivity contribution in [2.45, 2.75) is 26.0 Å². The topological polar surface area (TPSA) is 58.6 Å². The first-order valence-corrected chi connectivity index (χ1v) is 6.23. The van der Waals surface area contributed by atoms with Crippen molar-refractivity contribution >= 4 is 12.0 Å². The van der Waals surface area contributed by atoms with E-state index in [-0.39, 0.29) is 12.6 Å². The van der Waals surface area contributed by atoms with Crippen LogP contribution < -0.4 is 5.32 Å². The highest BCUT2D eigenvalue weighted by atomic mass is 16.5. The smallest absolute Gasteiger partial charge is 0.329 e. The molecule has 1 unspecified atom stereocenters. The number of amides is 2. The first kappa shape index (κ1) is 15.0. The second-order valence-corrected chi connectivity index (χ2v) is 4.40. The van der Waals surface area contributed by atoms with Crippen LogP contribution in [0.5, 0.6) is 0 Å². The fourth-order valence-electron chi connectivity index (χ4n) is 1.44. The third-order valence-electron chi connectivity index (χ3n) is 2.62. The molecule has 1 aromatic carbocycles. The average Bonchev–Trinajstić information content (AvgIpc) is 2.42. The molecular formula is C14H20N2O3. The van der Waals surface area contributed by atoms with E-state index in [1.54, 1.807) is 14.1 Å². The van der Waals surface area contributed by atoms with Crippen LogP contribution in [0.15, 0.2) is 30.3 Å². The molecule has 2 amide bonds. The summed E-state index contributed by atoms with van der Waals surface area (Å²) in [5.74, 6) is -0.415. The number of nitrogens with zero attached hydrogens (tertiary/aromatic N) is 1. The summed E-state index contributed by atoms with van der Waals surface area (Å²) in [6, 6.07) is 8.52. The maximum absolute atomic E-state index is 11.9. The van der Waals surface area contributed by atoms with Crippen LogP contribution in [0.4, 0.5) is 4.79 Å². The van der Waals surface area contributed by atoms with Crippen molar-refractivity contribution in [3.8, 4) is 0 Å². The van der Waals surface area contributed by atoms with Gasteiger partial charge in [-0.1, -0.05) is 37.3 Å². The van der Waals surface area contributed by atoms with Gasteiger partial charge in [0, 0.05) is 14.1 Å². The lowest BCUT2D eigenvalue weighted by atomic mass is 10.2. The molecule has 1 atom stereocenters. The molecule has 0 aliphatic rings. The monoisotopic (exact) mass is 264 g/mol. The number of rotatable bonds is 5. The standard InChI is InChI=1S/C14H20N2O3/c1-4-12(15-14(18)16(2)3)13(17)19-10-11-8-6-5-7-9-11/h5-9,12H,4,10H2,1-3H3,(H,15,18). The molecule has 1 N–H and O–H groups in total. The zero-order chi connectivity index (χ0) is 14.3. The summed E-state index contributed by atoms with van der Waals surface area (Å²) in [6.07, 6.45) is 0.493. The van der Waals surface area contributed by atoms with Crippen molar-refractivity contribution in [3.63, 3.8) is 0 Å². The molecule has 0 heterocycles. The molecule has 0 fully saturated rings. The van der Waals surface area contributed by atoms with Crippen LogP contribution >= 0.6 is 0 Å². The van der Waals surface area contributed by atoms with Gasteiger partial charge in [-0.15, -0.1) is 0 Å². The maximum Gasteiger partial charge on any atom is 0.329 e. The molecule has 0 spiro atoms. The van der Waals surface area contributed by atoms with Crippen LogP contribution in [-0.2, 0) is 16.1 Å². The van der Waals surface area contributed by atoms with Gasteiger partial charge < -0.3 is 15.0 Å². The summed E-state index contributed by atoms with van der Waals surface area (Å²) in [4.78, 5) is 24.7. The van der Waals surface area contributed by atoms with Crippen molar-refractivity contribution in [1.82, 2.24) is 10.2 Å². The average molecular weight is 264 g/mol. The molecule has 104 valence electrons. The highest BCUT2D eigenvalue weighted by Crippen LogP contribution is 2.03. The minimum Gasteiger partial charge on any atom is -0.459 e. The quantitative estimate of drug-likeness (QED) is 0.825. The molecule has 0 radical (unpaired) electrons. The zero-order valence-corrected chi connectivity index (χ0v) is 11.6. The Labute approximate surface area is 113 Å². The summed E-state index contributed by atoms with van der Waals surface area (Å²) in [7, 11) is 3.24. The van der Waals surface area contributed by atoms with E-state index in [1.165, 1.54) is 4.90 Å². The summed E-state index contributed by atoms with van der Waals surface area (Å²) >= 11 is 0. The minimum atomic E-state index is -0.612. The summed E-state index contributed by atoms with van der Waals surface area (Å²) in [5, 5.41) is 2.61. The Morgan fingerprint density at radius 1 is 1.26 bits per heavy atom. The molecule has 0 aliphatic heterocycles. The number of hydrogen-bond acceptors (Lipinski definition) is 3. The van der Waals surface area contributed by atoms with Gasteiger partial charge in [-0.3, -0.25) is 0 Å². The molecule has 1 rings (SSSR count). The van der Waals surface area contributed by atoms with E-state index in [4.69, 9.17) is 4.74 Å². The van der Waals surface area contributed by atoms with Gasteiger partial charge in [0.1, 0.15) is 12.6 Å². The predicted molar refractivity (Wildman–Crippen MR) is 72.5 cm³/mol. The molecule has 0 aromatic heterocycles. The third-order valence-corrected chi connectivity index (χ3v) is 2.62. The Morgan fingerprint density at radius 2 is 1.89 bits per heavy atom. The van der Waals surface area contributed by atoms with Crippen LogP contribution in [0.25, 0.3) is 0 Å². The first-order valence-electron chi connectivity index (χ1n) is 6.23. The second-order valence-electron chi connectivity index (χ2n) is 4.40. The van der Waals surface area contributed by atoms with Crippen molar-refractivity contribution in [2.24, 2.45) is 0 Å². The van der Waals surface area contributed by atoms with Crippen LogP contribution in [0.2, 0.25) is 0 Å². The Morgan fingerprint density at radius 3 is 2.42 bits per heavy atom. The fourth-order valence-corrected chi connectivity index (χ4v) is 1.44. The van der Waals surface area contributed by atoms with E-state index < -0.39 is 12.0 Å². The van der Waals surface area contributed by atoms with Gasteiger partial charge in [-0.05, 0) is 12.0 Å². The highest BCUT2D eigenvalue weighted by molar-refractivity contribution is 5.83. The number of carbonyl (C=O) groups excluding carboxylic acids is 2. The molecule has 5 nitrogen and oxygen atoms in total. The summed E-state index contributed by atoms with van der Waals surface area (Å²) in [6.45, 7) is 2.04. The van der Waals surface area contributed by atoms with E-state index in [0.29, 0.717) is 6.42 Å². The van der Waals surface area contributed by atoms with E-state index in [2.05, 4.69) is 5.32 Å². The Balaban J connectivity index is 2.48. The highest BCUT2D eigenvalue weighted by Gasteiger charge is 2.20. The molecule has 0 bridgehead atoms. The van der Waals surface area contributed by atoms with Gasteiger partial charge in [-0.25, -0.2) is 9.59 Å². The van der Waals surface area contributed by atoms with E-state index in [1.807, 2.05) is 37.3 Å². The van der Waals surface area contributed by atoms with Crippen LogP contribution in [0.3, 0.4) is 0 Å². The normalized spacial score (nSPS) is 11.5. The third kappa shape index (κ3) is 4.99. The van der Waals surface area contributed by atoms with Gasteiger partial charge in [-0.2, -0.15) is 0 Å². The number of nitrogens with one attached hydrogen (secondary N) is 1. The molecular weight excluding hydrogens is 244 g/mol. The van der Waals surface area contributed by atoms with Gasteiger partial charge in [0.2, 0.25) is 0 Å². The van der Waals surface area contributed by atoms with Crippen LogP contribution in [-0.4, -0.2) is 37.0 Å². The second kappa shape index (κ2) is 7.41. The summed E-state index contributed by atoms with van der Waals surface area (Å²) in [5.41, 5.74) is 0.921. The molecule has 0 saturated carbocycles. The maximum atomic E-state index is 11.9. The Hall–Kier alpha value is -2.04. The number of urea groups is 1. The largest absolute Gasteiger partial charge is 0.459 e. The minimum absolute atomic E-state index is 0.216. The van der Waals surface area contributed by atoms with Crippen molar-refractivity contribution in [3.05, 3.63) is 35.9 Å².